The van der Waals surface area contributed by atoms with Crippen LogP contribution in [0.25, 0.3) is 11.1 Å². The van der Waals surface area contributed by atoms with E-state index in [2.05, 4.69) is 0 Å². The minimum Gasteiger partial charge on any atom is -0.368 e. The van der Waals surface area contributed by atoms with Crippen LogP contribution in [-0.4, -0.2) is 43.9 Å². The van der Waals surface area contributed by atoms with Crippen molar-refractivity contribution < 1.29 is 18.0 Å². The Kier molecular flexibility index (Phi) is 4.79. The van der Waals surface area contributed by atoms with Crippen LogP contribution in [0.1, 0.15) is 12.8 Å². The van der Waals surface area contributed by atoms with Crippen LogP contribution >= 0.6 is 0 Å². The third-order valence-electron chi connectivity index (χ3n) is 5.37. The first-order valence-corrected chi connectivity index (χ1v) is 10.8. The van der Waals surface area contributed by atoms with E-state index in [1.807, 2.05) is 6.42 Å². The number of piperidine rings is 1. The molecule has 2 aliphatic rings. The minimum atomic E-state index is -3.89. The van der Waals surface area contributed by atoms with Gasteiger partial charge >= 0.3 is 6.03 Å². The van der Waals surface area contributed by atoms with E-state index in [9.17, 15) is 18.0 Å². The predicted molar refractivity (Wildman–Crippen MR) is 108 cm³/mol. The highest BCUT2D eigenvalue weighted by molar-refractivity contribution is 7.89. The number of benzene rings is 2. The molecule has 9 heteroatoms. The molecule has 0 aromatic heterocycles. The Hall–Kier alpha value is -2.91. The Morgan fingerprint density at radius 2 is 1.76 bits per heavy atom. The standard InChI is InChI=1S/C20H21N4O4S/c21-19(25)18-16-6-3-4-12-23(16)20(26)24(18)14-10-8-13(9-11-14)15-5-1-2-7-17(15)29(22,27)28/h1-2,5-11,16,18H,3-4,12H2,(H2,21,25)(H2,22,27,28)/t16-,18?/m1/s1. The van der Waals surface area contributed by atoms with Crippen LogP contribution in [0.4, 0.5) is 10.5 Å². The lowest BCUT2D eigenvalue weighted by Crippen LogP contribution is -2.48. The van der Waals surface area contributed by atoms with Crippen LogP contribution < -0.4 is 15.8 Å². The van der Waals surface area contributed by atoms with Gasteiger partial charge in [0.15, 0.2) is 0 Å². The normalized spacial score (nSPS) is 21.9. The van der Waals surface area contributed by atoms with Gasteiger partial charge in [0.25, 0.3) is 0 Å². The maximum absolute atomic E-state index is 12.9. The monoisotopic (exact) mass is 413 g/mol. The molecule has 0 bridgehead atoms. The number of sulfonamides is 1. The number of anilines is 1. The summed E-state index contributed by atoms with van der Waals surface area (Å²) in [5.41, 5.74) is 7.24. The summed E-state index contributed by atoms with van der Waals surface area (Å²) in [5, 5.41) is 5.32. The predicted octanol–water partition coefficient (Wildman–Crippen LogP) is 1.46. The number of hydrogen-bond acceptors (Lipinski definition) is 4. The summed E-state index contributed by atoms with van der Waals surface area (Å²) in [7, 11) is -3.89. The zero-order chi connectivity index (χ0) is 20.8. The van der Waals surface area contributed by atoms with Crippen molar-refractivity contribution in [1.29, 1.82) is 0 Å². The van der Waals surface area contributed by atoms with Gasteiger partial charge in [0, 0.05) is 17.8 Å². The molecule has 4 rings (SSSR count). The molecule has 2 heterocycles. The number of primary amides is 1. The van der Waals surface area contributed by atoms with Crippen molar-refractivity contribution in [2.45, 2.75) is 29.8 Å². The van der Waals surface area contributed by atoms with Crippen molar-refractivity contribution in [3.63, 3.8) is 0 Å². The highest BCUT2D eigenvalue weighted by atomic mass is 32.2. The molecule has 2 atom stereocenters. The molecule has 1 radical (unpaired) electrons. The van der Waals surface area contributed by atoms with Crippen LogP contribution in [0.3, 0.4) is 0 Å². The van der Waals surface area contributed by atoms with E-state index < -0.39 is 22.0 Å². The molecule has 29 heavy (non-hydrogen) atoms. The fourth-order valence-corrected chi connectivity index (χ4v) is 4.84. The third kappa shape index (κ3) is 3.36. The van der Waals surface area contributed by atoms with Gasteiger partial charge in [-0.15, -0.1) is 0 Å². The highest BCUT2D eigenvalue weighted by Gasteiger charge is 2.50. The summed E-state index contributed by atoms with van der Waals surface area (Å²) in [5.74, 6) is -0.562. The van der Waals surface area contributed by atoms with E-state index in [0.29, 0.717) is 23.4 Å². The topological polar surface area (TPSA) is 127 Å². The second-order valence-electron chi connectivity index (χ2n) is 7.15. The molecule has 8 nitrogen and oxygen atoms in total. The largest absolute Gasteiger partial charge is 0.368 e. The van der Waals surface area contributed by atoms with Gasteiger partial charge in [-0.1, -0.05) is 30.3 Å². The SMILES string of the molecule is NC(=O)C1[C@H]2[CH]CCCN2C(=O)N1c1ccc(-c2ccccc2S(N)(=O)=O)cc1. The molecule has 4 N–H and O–H groups in total. The zero-order valence-corrected chi connectivity index (χ0v) is 16.4. The molecule has 1 unspecified atom stereocenters. The summed E-state index contributed by atoms with van der Waals surface area (Å²) in [6, 6.07) is 11.8. The van der Waals surface area contributed by atoms with Gasteiger partial charge in [-0.2, -0.15) is 0 Å². The van der Waals surface area contributed by atoms with Gasteiger partial charge in [0.1, 0.15) is 6.04 Å². The van der Waals surface area contributed by atoms with Gasteiger partial charge in [-0.05, 0) is 43.0 Å². The van der Waals surface area contributed by atoms with Gasteiger partial charge in [0.05, 0.1) is 10.9 Å². The van der Waals surface area contributed by atoms with Crippen molar-refractivity contribution in [1.82, 2.24) is 4.90 Å². The second-order valence-corrected chi connectivity index (χ2v) is 8.68. The molecule has 2 fully saturated rings. The Morgan fingerprint density at radius 1 is 1.07 bits per heavy atom. The number of hydrogen-bond donors (Lipinski definition) is 2. The summed E-state index contributed by atoms with van der Waals surface area (Å²) in [6.45, 7) is 0.583. The number of primary sulfonamides is 1. The molecule has 0 spiro atoms. The van der Waals surface area contributed by atoms with Crippen LogP contribution in [0.15, 0.2) is 53.4 Å². The van der Waals surface area contributed by atoms with Gasteiger partial charge in [-0.3, -0.25) is 9.69 Å². The summed E-state index contributed by atoms with van der Waals surface area (Å²) >= 11 is 0. The molecule has 0 saturated carbocycles. The average molecular weight is 413 g/mol. The number of fused-ring (bicyclic) bond motifs is 1. The van der Waals surface area contributed by atoms with Crippen molar-refractivity contribution in [2.75, 3.05) is 11.4 Å². The van der Waals surface area contributed by atoms with Crippen LogP contribution in [0.5, 0.6) is 0 Å². The Balaban J connectivity index is 1.71. The minimum absolute atomic E-state index is 0.0201. The van der Waals surface area contributed by atoms with E-state index in [1.165, 1.54) is 11.0 Å². The van der Waals surface area contributed by atoms with E-state index in [4.69, 9.17) is 10.9 Å². The van der Waals surface area contributed by atoms with Gasteiger partial charge < -0.3 is 10.6 Å². The van der Waals surface area contributed by atoms with Crippen LogP contribution in [0.2, 0.25) is 0 Å². The number of nitrogens with zero attached hydrogens (tertiary/aromatic N) is 2. The Bertz CT molecular complexity index is 1070. The van der Waals surface area contributed by atoms with Gasteiger partial charge in [-0.25, -0.2) is 18.4 Å². The third-order valence-corrected chi connectivity index (χ3v) is 6.34. The molecule has 3 amide bonds. The zero-order valence-electron chi connectivity index (χ0n) is 15.6. The smallest absolute Gasteiger partial charge is 0.325 e. The van der Waals surface area contributed by atoms with Crippen LogP contribution in [0, 0.1) is 6.42 Å². The highest BCUT2D eigenvalue weighted by Crippen LogP contribution is 2.35. The van der Waals surface area contributed by atoms with E-state index in [-0.39, 0.29) is 17.0 Å². The first-order valence-electron chi connectivity index (χ1n) is 9.24. The second kappa shape index (κ2) is 7.16. The lowest BCUT2D eigenvalue weighted by atomic mass is 9.97. The number of urea groups is 1. The average Bonchev–Trinajstić information content (AvgIpc) is 3.00. The quantitative estimate of drug-likeness (QED) is 0.787. The van der Waals surface area contributed by atoms with Crippen molar-refractivity contribution in [3.8, 4) is 11.1 Å². The summed E-state index contributed by atoms with van der Waals surface area (Å²) < 4.78 is 23.7. The van der Waals surface area contributed by atoms with Crippen molar-refractivity contribution >= 4 is 27.6 Å². The molecule has 0 aliphatic carbocycles. The number of carbonyl (C=O) groups is 2. The number of nitrogens with two attached hydrogens (primary N) is 2. The molecule has 2 aromatic rings. The molecular weight excluding hydrogens is 392 g/mol. The molecule has 2 aromatic carbocycles. The first kappa shape index (κ1) is 19.4. The molecule has 2 saturated heterocycles. The fraction of sp³-hybridized carbons (Fsp3) is 0.250. The van der Waals surface area contributed by atoms with Crippen LogP contribution in [-0.2, 0) is 14.8 Å². The summed E-state index contributed by atoms with van der Waals surface area (Å²) in [4.78, 5) is 28.2. The van der Waals surface area contributed by atoms with E-state index in [0.717, 1.165) is 12.8 Å². The lowest BCUT2D eigenvalue weighted by Gasteiger charge is -2.29. The Morgan fingerprint density at radius 3 is 2.41 bits per heavy atom. The van der Waals surface area contributed by atoms with E-state index >= 15 is 0 Å². The summed E-state index contributed by atoms with van der Waals surface area (Å²) in [6.07, 6.45) is 3.65. The van der Waals surface area contributed by atoms with Crippen molar-refractivity contribution in [3.05, 3.63) is 55.0 Å². The number of amides is 3. The van der Waals surface area contributed by atoms with Crippen molar-refractivity contribution in [2.24, 2.45) is 10.9 Å². The number of carbonyl (C=O) groups excluding carboxylic acids is 2. The maximum atomic E-state index is 12.9. The molecule has 151 valence electrons. The fourth-order valence-electron chi connectivity index (χ4n) is 4.08. The number of rotatable bonds is 4. The molecule has 2 aliphatic heterocycles. The molecular formula is C20H21N4O4S. The maximum Gasteiger partial charge on any atom is 0.325 e. The first-order chi connectivity index (χ1) is 13.8. The van der Waals surface area contributed by atoms with E-state index in [1.54, 1.807) is 47.4 Å². The lowest BCUT2D eigenvalue weighted by molar-refractivity contribution is -0.119. The Labute approximate surface area is 169 Å². The van der Waals surface area contributed by atoms with Gasteiger partial charge in [0.2, 0.25) is 15.9 Å².